The molecule has 1 rings (SSSR count). The van der Waals surface area contributed by atoms with Crippen molar-refractivity contribution in [3.05, 3.63) is 36.9 Å². The predicted molar refractivity (Wildman–Crippen MR) is 66.9 cm³/mol. The molecule has 106 valence electrons. The second kappa shape index (κ2) is 7.25. The molecule has 6 nitrogen and oxygen atoms in total. The first-order valence-electron chi connectivity index (χ1n) is 5.49. The van der Waals surface area contributed by atoms with Crippen LogP contribution in [0.15, 0.2) is 41.8 Å². The van der Waals surface area contributed by atoms with Crippen molar-refractivity contribution in [3.63, 3.8) is 0 Å². The number of hydrogen-bond donors (Lipinski definition) is 1. The van der Waals surface area contributed by atoms with E-state index >= 15 is 0 Å². The van der Waals surface area contributed by atoms with Crippen molar-refractivity contribution in [2.24, 2.45) is 0 Å². The van der Waals surface area contributed by atoms with Gasteiger partial charge in [0, 0.05) is 0 Å². The van der Waals surface area contributed by atoms with Crippen molar-refractivity contribution >= 4 is 10.1 Å². The van der Waals surface area contributed by atoms with Gasteiger partial charge in [0.2, 0.25) is 0 Å². The summed E-state index contributed by atoms with van der Waals surface area (Å²) >= 11 is 0. The summed E-state index contributed by atoms with van der Waals surface area (Å²) in [6, 6.07) is 5.00. The third kappa shape index (κ3) is 5.84. The summed E-state index contributed by atoms with van der Waals surface area (Å²) in [6.45, 7) is 3.92. The van der Waals surface area contributed by atoms with Gasteiger partial charge in [-0.1, -0.05) is 6.08 Å². The molecule has 0 spiro atoms. The molecule has 0 heterocycles. The zero-order chi connectivity index (χ0) is 14.3. The van der Waals surface area contributed by atoms with Crippen LogP contribution in [0.4, 0.5) is 0 Å². The van der Waals surface area contributed by atoms with Crippen molar-refractivity contribution in [3.8, 4) is 5.75 Å². The topological polar surface area (TPSA) is 95.9 Å². The molecule has 0 saturated heterocycles. The minimum Gasteiger partial charge on any atom is -0.744 e. The summed E-state index contributed by atoms with van der Waals surface area (Å²) in [5.74, 6) is 0.357. The lowest BCUT2D eigenvalue weighted by atomic mass is 10.3. The molecule has 0 amide bonds. The van der Waals surface area contributed by atoms with E-state index in [9.17, 15) is 18.1 Å². The molecule has 1 aromatic rings. The van der Waals surface area contributed by atoms with Gasteiger partial charge in [-0.25, -0.2) is 8.42 Å². The molecule has 1 unspecified atom stereocenters. The predicted octanol–water partition coefficient (Wildman–Crippen LogP) is 0.533. The van der Waals surface area contributed by atoms with E-state index < -0.39 is 16.2 Å². The number of benzene rings is 1. The summed E-state index contributed by atoms with van der Waals surface area (Å²) in [4.78, 5) is -0.324. The number of hydrogen-bond acceptors (Lipinski definition) is 6. The molecular formula is C12H15O6S-. The normalized spacial score (nSPS) is 12.9. The Morgan fingerprint density at radius 3 is 2.47 bits per heavy atom. The second-order valence-corrected chi connectivity index (χ2v) is 5.10. The average molecular weight is 287 g/mol. The zero-order valence-corrected chi connectivity index (χ0v) is 11.0. The molecule has 0 aliphatic heterocycles. The van der Waals surface area contributed by atoms with Gasteiger partial charge < -0.3 is 19.1 Å². The molecule has 0 bridgehead atoms. The minimum absolute atomic E-state index is 0.000610. The molecule has 0 aromatic heterocycles. The highest BCUT2D eigenvalue weighted by atomic mass is 32.2. The Morgan fingerprint density at radius 1 is 1.32 bits per heavy atom. The van der Waals surface area contributed by atoms with E-state index in [1.54, 1.807) is 6.08 Å². The number of aliphatic hydroxyl groups is 1. The highest BCUT2D eigenvalue weighted by Crippen LogP contribution is 2.15. The Morgan fingerprint density at radius 2 is 1.95 bits per heavy atom. The first-order chi connectivity index (χ1) is 8.93. The molecule has 0 aliphatic rings. The fourth-order valence-electron chi connectivity index (χ4n) is 1.23. The zero-order valence-electron chi connectivity index (χ0n) is 10.2. The fourth-order valence-corrected chi connectivity index (χ4v) is 1.70. The number of rotatable bonds is 8. The molecule has 1 atom stereocenters. The van der Waals surface area contributed by atoms with Gasteiger partial charge in [-0.05, 0) is 24.3 Å². The van der Waals surface area contributed by atoms with Crippen LogP contribution in [0.5, 0.6) is 5.75 Å². The molecule has 0 saturated carbocycles. The van der Waals surface area contributed by atoms with Crippen LogP contribution in [0.3, 0.4) is 0 Å². The quantitative estimate of drug-likeness (QED) is 0.426. The largest absolute Gasteiger partial charge is 0.744 e. The highest BCUT2D eigenvalue weighted by Gasteiger charge is 2.06. The maximum absolute atomic E-state index is 10.7. The number of aliphatic hydroxyl groups excluding tert-OH is 1. The van der Waals surface area contributed by atoms with Crippen molar-refractivity contribution < 1.29 is 27.6 Å². The van der Waals surface area contributed by atoms with E-state index in [1.807, 2.05) is 0 Å². The Hall–Kier alpha value is -1.41. The molecule has 0 aliphatic carbocycles. The third-order valence-corrected chi connectivity index (χ3v) is 2.95. The summed E-state index contributed by atoms with van der Waals surface area (Å²) in [7, 11) is -4.45. The Bertz CT molecular complexity index is 493. The Balaban J connectivity index is 2.44. The van der Waals surface area contributed by atoms with Gasteiger partial charge in [0.05, 0.1) is 18.1 Å². The molecule has 0 radical (unpaired) electrons. The standard InChI is InChI=1S/C12H16O6S/c1-2-7-17-8-10(13)9-18-11-3-5-12(6-4-11)19(14,15)16/h2-6,10,13H,1,7-9H2,(H,14,15,16)/p-1. The maximum Gasteiger partial charge on any atom is 0.124 e. The van der Waals surface area contributed by atoms with Gasteiger partial charge in [0.25, 0.3) is 0 Å². The minimum atomic E-state index is -4.45. The molecule has 19 heavy (non-hydrogen) atoms. The fraction of sp³-hybridized carbons (Fsp3) is 0.333. The lowest BCUT2D eigenvalue weighted by Crippen LogP contribution is -2.23. The highest BCUT2D eigenvalue weighted by molar-refractivity contribution is 7.85. The van der Waals surface area contributed by atoms with E-state index in [-0.39, 0.29) is 18.1 Å². The van der Waals surface area contributed by atoms with Gasteiger partial charge in [-0.15, -0.1) is 6.58 Å². The molecule has 1 N–H and O–H groups in total. The first kappa shape index (κ1) is 15.6. The van der Waals surface area contributed by atoms with Crippen LogP contribution >= 0.6 is 0 Å². The van der Waals surface area contributed by atoms with Crippen LogP contribution in [0.2, 0.25) is 0 Å². The monoisotopic (exact) mass is 287 g/mol. The van der Waals surface area contributed by atoms with Crippen molar-refractivity contribution in [1.82, 2.24) is 0 Å². The van der Waals surface area contributed by atoms with Crippen molar-refractivity contribution in [2.45, 2.75) is 11.0 Å². The van der Waals surface area contributed by atoms with Crippen LogP contribution in [0, 0.1) is 0 Å². The summed E-state index contributed by atoms with van der Waals surface area (Å²) in [6.07, 6.45) is 0.762. The molecule has 0 fully saturated rings. The molecular weight excluding hydrogens is 272 g/mol. The first-order valence-corrected chi connectivity index (χ1v) is 6.90. The van der Waals surface area contributed by atoms with Gasteiger partial charge in [-0.2, -0.15) is 0 Å². The van der Waals surface area contributed by atoms with E-state index in [0.717, 1.165) is 12.1 Å². The third-order valence-electron chi connectivity index (χ3n) is 2.10. The second-order valence-electron chi connectivity index (χ2n) is 3.72. The summed E-state index contributed by atoms with van der Waals surface area (Å²) in [5.41, 5.74) is 0. The van der Waals surface area contributed by atoms with Gasteiger partial charge in [-0.3, -0.25) is 0 Å². The van der Waals surface area contributed by atoms with E-state index in [4.69, 9.17) is 9.47 Å². The van der Waals surface area contributed by atoms with Crippen LogP contribution in [-0.4, -0.2) is 44.0 Å². The van der Waals surface area contributed by atoms with Crippen LogP contribution < -0.4 is 4.74 Å². The Kier molecular flexibility index (Phi) is 5.97. The SMILES string of the molecule is C=CCOCC(O)COc1ccc(S(=O)(=O)[O-])cc1. The van der Waals surface area contributed by atoms with E-state index in [1.165, 1.54) is 12.1 Å². The van der Waals surface area contributed by atoms with E-state index in [2.05, 4.69) is 6.58 Å². The maximum atomic E-state index is 10.7. The lowest BCUT2D eigenvalue weighted by Gasteiger charge is -2.13. The van der Waals surface area contributed by atoms with Gasteiger partial charge in [0.1, 0.15) is 28.6 Å². The Labute approximate surface area is 112 Å². The van der Waals surface area contributed by atoms with Crippen LogP contribution in [0.25, 0.3) is 0 Å². The summed E-state index contributed by atoms with van der Waals surface area (Å²) in [5, 5.41) is 9.49. The summed E-state index contributed by atoms with van der Waals surface area (Å²) < 4.78 is 42.3. The lowest BCUT2D eigenvalue weighted by molar-refractivity contribution is 0.0214. The molecule has 1 aromatic carbocycles. The van der Waals surface area contributed by atoms with E-state index in [0.29, 0.717) is 12.4 Å². The molecule has 7 heteroatoms. The number of ether oxygens (including phenoxy) is 2. The smallest absolute Gasteiger partial charge is 0.124 e. The average Bonchev–Trinajstić information content (AvgIpc) is 2.36. The van der Waals surface area contributed by atoms with Gasteiger partial charge >= 0.3 is 0 Å². The van der Waals surface area contributed by atoms with Crippen molar-refractivity contribution in [2.75, 3.05) is 19.8 Å². The van der Waals surface area contributed by atoms with Crippen LogP contribution in [-0.2, 0) is 14.9 Å². The van der Waals surface area contributed by atoms with Crippen LogP contribution in [0.1, 0.15) is 0 Å². The van der Waals surface area contributed by atoms with Gasteiger partial charge in [0.15, 0.2) is 0 Å². The van der Waals surface area contributed by atoms with Crippen molar-refractivity contribution in [1.29, 1.82) is 0 Å².